The van der Waals surface area contributed by atoms with Crippen molar-refractivity contribution in [3.05, 3.63) is 112 Å². The third kappa shape index (κ3) is 6.46. The number of nitrogens with one attached hydrogen (secondary N) is 2. The van der Waals surface area contributed by atoms with Crippen molar-refractivity contribution in [2.24, 2.45) is 0 Å². The number of carbonyl (C=O) groups excluding carboxylic acids is 4. The van der Waals surface area contributed by atoms with Crippen molar-refractivity contribution < 1.29 is 33.6 Å². The molecule has 0 bridgehead atoms. The highest BCUT2D eigenvalue weighted by Gasteiger charge is 2.58. The molecule has 3 amide bonds. The standard InChI is InChI=1S/C30H28N4O8S/c1-19(35)31-24-26(36)33-17-30(18-43-27(24)33,32-29(38)41-16-20-12-14-23(15-13-20)34(39)40)28(37)42-25(21-8-4-2-5-9-21)22-10-6-3-7-11-22/h2-15,24-25,27H,16-18H2,1H3,(H,31,35)(H,32,38)/t24?,27-,30?/m1/s1. The molecule has 0 aromatic heterocycles. The van der Waals surface area contributed by atoms with Gasteiger partial charge >= 0.3 is 12.1 Å². The van der Waals surface area contributed by atoms with Gasteiger partial charge in [-0.05, 0) is 28.8 Å². The molecule has 5 rings (SSSR count). The first-order valence-electron chi connectivity index (χ1n) is 13.4. The van der Waals surface area contributed by atoms with Gasteiger partial charge in [-0.25, -0.2) is 9.59 Å². The minimum atomic E-state index is -1.67. The summed E-state index contributed by atoms with van der Waals surface area (Å²) in [5.74, 6) is -1.46. The van der Waals surface area contributed by atoms with Crippen LogP contribution in [0.4, 0.5) is 10.5 Å². The van der Waals surface area contributed by atoms with Crippen LogP contribution in [0.1, 0.15) is 29.7 Å². The molecule has 12 nitrogen and oxygen atoms in total. The van der Waals surface area contributed by atoms with E-state index in [1.165, 1.54) is 47.9 Å². The number of hydrogen-bond donors (Lipinski definition) is 2. The van der Waals surface area contributed by atoms with Crippen LogP contribution in [0.3, 0.4) is 0 Å². The van der Waals surface area contributed by atoms with E-state index in [1.54, 1.807) is 0 Å². The summed E-state index contributed by atoms with van der Waals surface area (Å²) in [4.78, 5) is 63.5. The van der Waals surface area contributed by atoms with Crippen molar-refractivity contribution in [1.82, 2.24) is 15.5 Å². The monoisotopic (exact) mass is 604 g/mol. The van der Waals surface area contributed by atoms with Gasteiger partial charge in [0.1, 0.15) is 18.0 Å². The number of thioether (sulfide) groups is 1. The summed E-state index contributed by atoms with van der Waals surface area (Å²) in [5.41, 5.74) is 0.147. The molecule has 0 saturated carbocycles. The summed E-state index contributed by atoms with van der Waals surface area (Å²) in [5, 5.41) is 15.8. The topological polar surface area (TPSA) is 157 Å². The van der Waals surface area contributed by atoms with E-state index in [1.807, 2.05) is 60.7 Å². The Morgan fingerprint density at radius 2 is 1.63 bits per heavy atom. The van der Waals surface area contributed by atoms with Crippen LogP contribution in [-0.4, -0.2) is 63.0 Å². The van der Waals surface area contributed by atoms with Crippen LogP contribution in [0.25, 0.3) is 0 Å². The Labute approximate surface area is 250 Å². The third-order valence-electron chi connectivity index (χ3n) is 7.12. The number of β-lactam (4-membered cyclic amide) rings is 1. The minimum absolute atomic E-state index is 0.0410. The molecule has 43 heavy (non-hydrogen) atoms. The zero-order valence-corrected chi connectivity index (χ0v) is 23.8. The Morgan fingerprint density at radius 3 is 2.19 bits per heavy atom. The molecule has 2 N–H and O–H groups in total. The molecule has 0 spiro atoms. The van der Waals surface area contributed by atoms with E-state index >= 15 is 0 Å². The van der Waals surface area contributed by atoms with Crippen molar-refractivity contribution in [1.29, 1.82) is 0 Å². The number of fused-ring (bicyclic) bond motifs is 1. The molecule has 2 fully saturated rings. The van der Waals surface area contributed by atoms with E-state index in [0.717, 1.165) is 0 Å². The molecule has 222 valence electrons. The Morgan fingerprint density at radius 1 is 1.02 bits per heavy atom. The highest BCUT2D eigenvalue weighted by molar-refractivity contribution is 8.00. The molecule has 2 unspecified atom stereocenters. The van der Waals surface area contributed by atoms with E-state index in [2.05, 4.69) is 10.6 Å². The van der Waals surface area contributed by atoms with Gasteiger partial charge in [-0.1, -0.05) is 60.7 Å². The van der Waals surface area contributed by atoms with Gasteiger partial charge in [0.25, 0.3) is 5.69 Å². The number of nitro groups is 1. The molecule has 3 aromatic carbocycles. The maximum atomic E-state index is 14.1. The highest BCUT2D eigenvalue weighted by atomic mass is 32.2. The van der Waals surface area contributed by atoms with Crippen LogP contribution in [0.5, 0.6) is 0 Å². The second-order valence-corrected chi connectivity index (χ2v) is 11.3. The summed E-state index contributed by atoms with van der Waals surface area (Å²) in [6.07, 6.45) is -1.73. The van der Waals surface area contributed by atoms with Gasteiger partial charge < -0.3 is 25.0 Å². The number of amides is 3. The normalized spacial score (nSPS) is 20.8. The SMILES string of the molecule is CC(=O)NC1C(=O)N2CC(NC(=O)OCc3ccc([N+](=O)[O-])cc3)(C(=O)OC(c3ccccc3)c3ccccc3)CS[C@H]12. The highest BCUT2D eigenvalue weighted by Crippen LogP contribution is 2.40. The Kier molecular flexibility index (Phi) is 8.62. The lowest BCUT2D eigenvalue weighted by molar-refractivity contribution is -0.384. The van der Waals surface area contributed by atoms with Crippen LogP contribution in [0.2, 0.25) is 0 Å². The summed E-state index contributed by atoms with van der Waals surface area (Å²) in [6, 6.07) is 23.1. The molecular formula is C30H28N4O8S. The number of rotatable bonds is 9. The fraction of sp³-hybridized carbons (Fsp3) is 0.267. The molecule has 2 aliphatic rings. The molecule has 0 radical (unpaired) electrons. The Balaban J connectivity index is 1.37. The van der Waals surface area contributed by atoms with Crippen LogP contribution in [0.15, 0.2) is 84.9 Å². The van der Waals surface area contributed by atoms with Crippen molar-refractivity contribution in [2.45, 2.75) is 36.6 Å². The van der Waals surface area contributed by atoms with E-state index in [-0.39, 0.29) is 36.4 Å². The average Bonchev–Trinajstić information content (AvgIpc) is 3.02. The van der Waals surface area contributed by atoms with Gasteiger partial charge in [0.05, 0.1) is 11.5 Å². The number of hydrogen-bond acceptors (Lipinski definition) is 9. The number of non-ortho nitro benzene ring substituents is 1. The van der Waals surface area contributed by atoms with Gasteiger partial charge in [0.2, 0.25) is 11.8 Å². The lowest BCUT2D eigenvalue weighted by atomic mass is 9.95. The fourth-order valence-electron chi connectivity index (χ4n) is 4.94. The zero-order chi connectivity index (χ0) is 30.6. The average molecular weight is 605 g/mol. The Bertz CT molecular complexity index is 1480. The largest absolute Gasteiger partial charge is 0.451 e. The van der Waals surface area contributed by atoms with E-state index in [4.69, 9.17) is 9.47 Å². The van der Waals surface area contributed by atoms with Crippen LogP contribution >= 0.6 is 11.8 Å². The number of esters is 1. The summed E-state index contributed by atoms with van der Waals surface area (Å²) in [6.45, 7) is 0.914. The first-order valence-corrected chi connectivity index (χ1v) is 14.4. The molecule has 0 aliphatic carbocycles. The Hall–Kier alpha value is -4.91. The second-order valence-electron chi connectivity index (χ2n) is 10.2. The molecule has 2 heterocycles. The van der Waals surface area contributed by atoms with Crippen molar-refractivity contribution >= 4 is 41.3 Å². The van der Waals surface area contributed by atoms with E-state index in [0.29, 0.717) is 16.7 Å². The fourth-order valence-corrected chi connectivity index (χ4v) is 6.41. The molecule has 2 saturated heterocycles. The van der Waals surface area contributed by atoms with Crippen molar-refractivity contribution in [3.8, 4) is 0 Å². The number of nitrogens with zero attached hydrogens (tertiary/aromatic N) is 2. The predicted molar refractivity (Wildman–Crippen MR) is 156 cm³/mol. The first-order chi connectivity index (χ1) is 20.7. The number of carbonyl (C=O) groups is 4. The minimum Gasteiger partial charge on any atom is -0.451 e. The number of nitro benzene ring substituents is 1. The van der Waals surface area contributed by atoms with Crippen LogP contribution < -0.4 is 10.6 Å². The molecule has 2 aliphatic heterocycles. The number of ether oxygens (including phenoxy) is 2. The van der Waals surface area contributed by atoms with Gasteiger partial charge in [0, 0.05) is 24.8 Å². The van der Waals surface area contributed by atoms with Crippen LogP contribution in [-0.2, 0) is 30.5 Å². The van der Waals surface area contributed by atoms with Crippen LogP contribution in [0, 0.1) is 10.1 Å². The lowest BCUT2D eigenvalue weighted by Gasteiger charge is -2.54. The number of benzene rings is 3. The third-order valence-corrected chi connectivity index (χ3v) is 8.65. The zero-order valence-electron chi connectivity index (χ0n) is 23.0. The summed E-state index contributed by atoms with van der Waals surface area (Å²) in [7, 11) is 0. The molecule has 3 atom stereocenters. The van der Waals surface area contributed by atoms with Gasteiger partial charge in [0.15, 0.2) is 11.6 Å². The molecular weight excluding hydrogens is 576 g/mol. The molecule has 13 heteroatoms. The smallest absolute Gasteiger partial charge is 0.408 e. The predicted octanol–water partition coefficient (Wildman–Crippen LogP) is 3.31. The van der Waals surface area contributed by atoms with Gasteiger partial charge in [-0.3, -0.25) is 19.7 Å². The lowest BCUT2D eigenvalue weighted by Crippen LogP contribution is -2.77. The second kappa shape index (κ2) is 12.5. The summed E-state index contributed by atoms with van der Waals surface area (Å²) < 4.78 is 11.5. The van der Waals surface area contributed by atoms with Crippen molar-refractivity contribution in [2.75, 3.05) is 12.3 Å². The maximum Gasteiger partial charge on any atom is 0.408 e. The van der Waals surface area contributed by atoms with E-state index in [9.17, 15) is 29.3 Å². The summed E-state index contributed by atoms with van der Waals surface area (Å²) >= 11 is 1.24. The van der Waals surface area contributed by atoms with E-state index < -0.39 is 40.0 Å². The van der Waals surface area contributed by atoms with Gasteiger partial charge in [-0.2, -0.15) is 0 Å². The van der Waals surface area contributed by atoms with Crippen molar-refractivity contribution in [3.63, 3.8) is 0 Å². The maximum absolute atomic E-state index is 14.1. The van der Waals surface area contributed by atoms with Gasteiger partial charge in [-0.15, -0.1) is 11.8 Å². The number of alkyl carbamates (subject to hydrolysis) is 1. The first kappa shape index (κ1) is 29.6. The quantitative estimate of drug-likeness (QED) is 0.162. The molecule has 3 aromatic rings.